The first kappa shape index (κ1) is 18.7. The van der Waals surface area contributed by atoms with Crippen LogP contribution in [0.25, 0.3) is 11.4 Å². The van der Waals surface area contributed by atoms with E-state index >= 15 is 0 Å². The number of nitrogens with zero attached hydrogens (tertiary/aromatic N) is 4. The zero-order valence-electron chi connectivity index (χ0n) is 15.5. The Kier molecular flexibility index (Phi) is 5.73. The summed E-state index contributed by atoms with van der Waals surface area (Å²) in [6, 6.07) is 16.8. The van der Waals surface area contributed by atoms with Crippen LogP contribution < -0.4 is 0 Å². The standard InChI is InChI=1S/C22H21FN4S/c23-20-9-5-4-8-19(20)21-25-26-22(27(21)18-6-2-1-3-7-18)28-15-17-12-10-16(14-24)11-13-17/h4-5,8-13,18H,1-3,6-7,15H2. The normalized spacial score (nSPS) is 14.7. The fraction of sp³-hybridized carbons (Fsp3) is 0.318. The van der Waals surface area contributed by atoms with Crippen LogP contribution in [0.5, 0.6) is 0 Å². The lowest BCUT2D eigenvalue weighted by Crippen LogP contribution is -2.15. The third kappa shape index (κ3) is 3.95. The van der Waals surface area contributed by atoms with E-state index in [1.54, 1.807) is 23.9 Å². The van der Waals surface area contributed by atoms with Crippen LogP contribution in [0.15, 0.2) is 53.7 Å². The van der Waals surface area contributed by atoms with Gasteiger partial charge >= 0.3 is 0 Å². The van der Waals surface area contributed by atoms with Crippen LogP contribution in [-0.2, 0) is 5.75 Å². The van der Waals surface area contributed by atoms with E-state index in [4.69, 9.17) is 5.26 Å². The van der Waals surface area contributed by atoms with Gasteiger partial charge in [-0.15, -0.1) is 10.2 Å². The van der Waals surface area contributed by atoms with Crippen molar-refractivity contribution in [2.45, 2.75) is 49.1 Å². The van der Waals surface area contributed by atoms with Crippen molar-refractivity contribution in [2.75, 3.05) is 0 Å². The van der Waals surface area contributed by atoms with E-state index in [2.05, 4.69) is 20.8 Å². The molecule has 0 aliphatic heterocycles. The molecular weight excluding hydrogens is 371 g/mol. The molecule has 4 rings (SSSR count). The average molecular weight is 393 g/mol. The van der Waals surface area contributed by atoms with Crippen LogP contribution in [-0.4, -0.2) is 14.8 Å². The first-order chi connectivity index (χ1) is 13.8. The Balaban J connectivity index is 1.64. The molecule has 1 aliphatic carbocycles. The fourth-order valence-electron chi connectivity index (χ4n) is 3.69. The number of aromatic nitrogens is 3. The molecule has 1 fully saturated rings. The van der Waals surface area contributed by atoms with E-state index in [-0.39, 0.29) is 5.82 Å². The molecule has 1 heterocycles. The van der Waals surface area contributed by atoms with Crippen molar-refractivity contribution in [3.8, 4) is 17.5 Å². The zero-order valence-corrected chi connectivity index (χ0v) is 16.3. The van der Waals surface area contributed by atoms with E-state index in [1.807, 2.05) is 30.3 Å². The van der Waals surface area contributed by atoms with Crippen LogP contribution in [0.1, 0.15) is 49.3 Å². The van der Waals surface area contributed by atoms with E-state index in [9.17, 15) is 4.39 Å². The van der Waals surface area contributed by atoms with Crippen molar-refractivity contribution in [2.24, 2.45) is 0 Å². The number of halogens is 1. The maximum Gasteiger partial charge on any atom is 0.192 e. The molecule has 0 unspecified atom stereocenters. The van der Waals surface area contributed by atoms with Gasteiger partial charge in [-0.1, -0.05) is 55.3 Å². The second-order valence-corrected chi connectivity index (χ2v) is 7.99. The van der Waals surface area contributed by atoms with Gasteiger partial charge in [0, 0.05) is 11.8 Å². The Morgan fingerprint density at radius 2 is 1.79 bits per heavy atom. The number of hydrogen-bond donors (Lipinski definition) is 0. The monoisotopic (exact) mass is 392 g/mol. The second-order valence-electron chi connectivity index (χ2n) is 7.05. The number of rotatable bonds is 5. The molecule has 0 amide bonds. The highest BCUT2D eigenvalue weighted by molar-refractivity contribution is 7.98. The number of nitriles is 1. The quantitative estimate of drug-likeness (QED) is 0.519. The summed E-state index contributed by atoms with van der Waals surface area (Å²) in [6.07, 6.45) is 5.76. The molecule has 1 saturated carbocycles. The van der Waals surface area contributed by atoms with Crippen molar-refractivity contribution in [1.29, 1.82) is 5.26 Å². The number of benzene rings is 2. The van der Waals surface area contributed by atoms with Gasteiger partial charge < -0.3 is 0 Å². The number of hydrogen-bond acceptors (Lipinski definition) is 4. The van der Waals surface area contributed by atoms with Crippen LogP contribution >= 0.6 is 11.8 Å². The lowest BCUT2D eigenvalue weighted by atomic mass is 9.95. The first-order valence-electron chi connectivity index (χ1n) is 9.58. The molecule has 142 valence electrons. The lowest BCUT2D eigenvalue weighted by molar-refractivity contribution is 0.339. The van der Waals surface area contributed by atoms with E-state index in [0.29, 0.717) is 23.0 Å². The van der Waals surface area contributed by atoms with Crippen LogP contribution in [0.4, 0.5) is 4.39 Å². The molecule has 3 aromatic rings. The van der Waals surface area contributed by atoms with Gasteiger partial charge in [-0.3, -0.25) is 4.57 Å². The Labute approximate surface area is 168 Å². The van der Waals surface area contributed by atoms with E-state index in [1.165, 1.54) is 25.3 Å². The maximum absolute atomic E-state index is 14.4. The van der Waals surface area contributed by atoms with E-state index < -0.39 is 0 Å². The Bertz CT molecular complexity index is 985. The summed E-state index contributed by atoms with van der Waals surface area (Å²) in [5.41, 5.74) is 2.28. The minimum atomic E-state index is -0.268. The van der Waals surface area contributed by atoms with Gasteiger partial charge in [0.2, 0.25) is 0 Å². The van der Waals surface area contributed by atoms with Crippen molar-refractivity contribution < 1.29 is 4.39 Å². The van der Waals surface area contributed by atoms with Crippen LogP contribution in [0, 0.1) is 17.1 Å². The largest absolute Gasteiger partial charge is 0.299 e. The molecule has 1 aromatic heterocycles. The topological polar surface area (TPSA) is 54.5 Å². The molecule has 2 aromatic carbocycles. The molecule has 1 aliphatic rings. The molecule has 0 spiro atoms. The first-order valence-corrected chi connectivity index (χ1v) is 10.6. The van der Waals surface area contributed by atoms with Crippen molar-refractivity contribution in [3.05, 3.63) is 65.5 Å². The second kappa shape index (κ2) is 8.57. The highest BCUT2D eigenvalue weighted by Gasteiger charge is 2.25. The molecule has 0 radical (unpaired) electrons. The summed E-state index contributed by atoms with van der Waals surface area (Å²) >= 11 is 1.61. The molecule has 0 N–H and O–H groups in total. The highest BCUT2D eigenvalue weighted by Crippen LogP contribution is 2.36. The molecule has 0 saturated heterocycles. The summed E-state index contributed by atoms with van der Waals surface area (Å²) < 4.78 is 16.6. The summed E-state index contributed by atoms with van der Waals surface area (Å²) in [4.78, 5) is 0. The van der Waals surface area contributed by atoms with Crippen LogP contribution in [0.3, 0.4) is 0 Å². The number of thioether (sulfide) groups is 1. The molecule has 0 bridgehead atoms. The van der Waals surface area contributed by atoms with Gasteiger partial charge in [-0.2, -0.15) is 5.26 Å². The third-order valence-electron chi connectivity index (χ3n) is 5.17. The molecular formula is C22H21FN4S. The molecule has 6 heteroatoms. The van der Waals surface area contributed by atoms with Gasteiger partial charge in [0.05, 0.1) is 17.2 Å². The van der Waals surface area contributed by atoms with Gasteiger partial charge in [-0.25, -0.2) is 4.39 Å². The Morgan fingerprint density at radius 3 is 2.50 bits per heavy atom. The van der Waals surface area contributed by atoms with Crippen molar-refractivity contribution in [1.82, 2.24) is 14.8 Å². The minimum absolute atomic E-state index is 0.268. The average Bonchev–Trinajstić information content (AvgIpc) is 3.17. The molecule has 28 heavy (non-hydrogen) atoms. The van der Waals surface area contributed by atoms with Crippen LogP contribution in [0.2, 0.25) is 0 Å². The van der Waals surface area contributed by atoms with E-state index in [0.717, 1.165) is 29.3 Å². The predicted molar refractivity (Wildman–Crippen MR) is 108 cm³/mol. The summed E-state index contributed by atoms with van der Waals surface area (Å²) in [5.74, 6) is 1.08. The van der Waals surface area contributed by atoms with Crippen molar-refractivity contribution >= 4 is 11.8 Å². The lowest BCUT2D eigenvalue weighted by Gasteiger charge is -2.25. The smallest absolute Gasteiger partial charge is 0.192 e. The fourth-order valence-corrected chi connectivity index (χ4v) is 4.65. The van der Waals surface area contributed by atoms with Gasteiger partial charge in [-0.05, 0) is 42.7 Å². The summed E-state index contributed by atoms with van der Waals surface area (Å²) in [5, 5.41) is 18.6. The maximum atomic E-state index is 14.4. The third-order valence-corrected chi connectivity index (χ3v) is 6.18. The Morgan fingerprint density at radius 1 is 1.04 bits per heavy atom. The molecule has 4 nitrogen and oxygen atoms in total. The SMILES string of the molecule is N#Cc1ccc(CSc2nnc(-c3ccccc3F)n2C2CCCCC2)cc1. The zero-order chi connectivity index (χ0) is 19.3. The van der Waals surface area contributed by atoms with Crippen molar-refractivity contribution in [3.63, 3.8) is 0 Å². The predicted octanol–water partition coefficient (Wildman–Crippen LogP) is 5.75. The minimum Gasteiger partial charge on any atom is -0.299 e. The van der Waals surface area contributed by atoms with Gasteiger partial charge in [0.15, 0.2) is 11.0 Å². The summed E-state index contributed by atoms with van der Waals surface area (Å²) in [6.45, 7) is 0. The highest BCUT2D eigenvalue weighted by atomic mass is 32.2. The van der Waals surface area contributed by atoms with Gasteiger partial charge in [0.25, 0.3) is 0 Å². The van der Waals surface area contributed by atoms with Gasteiger partial charge in [0.1, 0.15) is 5.82 Å². The molecule has 0 atom stereocenters. The Hall–Kier alpha value is -2.65. The summed E-state index contributed by atoms with van der Waals surface area (Å²) in [7, 11) is 0.